The van der Waals surface area contributed by atoms with Gasteiger partial charge >= 0.3 is 5.97 Å². The average molecular weight is 271 g/mol. The van der Waals surface area contributed by atoms with E-state index in [4.69, 9.17) is 10.4 Å². The Morgan fingerprint density at radius 1 is 1.60 bits per heavy atom. The molecule has 0 aromatic heterocycles. The molecule has 1 rings (SSSR count). The number of benzene rings is 1. The minimum atomic E-state index is -1.31. The Labute approximate surface area is 92.0 Å². The van der Waals surface area contributed by atoms with Gasteiger partial charge in [-0.2, -0.15) is 5.26 Å². The molecule has 0 saturated carbocycles. The molecule has 0 bridgehead atoms. The molecule has 0 unspecified atom stereocenters. The largest absolute Gasteiger partial charge is 0.478 e. The predicted octanol–water partition coefficient (Wildman–Crippen LogP) is 1.93. The number of hydrogen-bond acceptors (Lipinski definition) is 4. The van der Waals surface area contributed by atoms with Gasteiger partial charge in [0, 0.05) is 16.6 Å². The molecule has 7 heteroatoms. The van der Waals surface area contributed by atoms with Crippen molar-refractivity contribution in [1.82, 2.24) is 0 Å². The minimum Gasteiger partial charge on any atom is -0.478 e. The van der Waals surface area contributed by atoms with Crippen LogP contribution in [0.15, 0.2) is 16.6 Å². The number of halogens is 1. The molecule has 0 heterocycles. The van der Waals surface area contributed by atoms with E-state index in [0.29, 0.717) is 0 Å². The lowest BCUT2D eigenvalue weighted by atomic mass is 10.1. The van der Waals surface area contributed by atoms with Crippen molar-refractivity contribution in [1.29, 1.82) is 5.26 Å². The van der Waals surface area contributed by atoms with Crippen LogP contribution < -0.4 is 0 Å². The summed E-state index contributed by atoms with van der Waals surface area (Å²) in [6.45, 7) is 0. The van der Waals surface area contributed by atoms with Crippen molar-refractivity contribution >= 4 is 27.6 Å². The van der Waals surface area contributed by atoms with E-state index in [-0.39, 0.29) is 21.3 Å². The highest BCUT2D eigenvalue weighted by molar-refractivity contribution is 9.10. The molecular weight excluding hydrogens is 268 g/mol. The van der Waals surface area contributed by atoms with Crippen molar-refractivity contribution in [3.05, 3.63) is 37.8 Å². The maximum atomic E-state index is 10.7. The number of rotatable bonds is 2. The summed E-state index contributed by atoms with van der Waals surface area (Å²) in [5, 5.41) is 27.8. The van der Waals surface area contributed by atoms with Gasteiger partial charge in [-0.05, 0) is 15.9 Å². The quantitative estimate of drug-likeness (QED) is 0.653. The van der Waals surface area contributed by atoms with Crippen LogP contribution in [0.3, 0.4) is 0 Å². The van der Waals surface area contributed by atoms with Gasteiger partial charge < -0.3 is 5.11 Å². The number of nitro groups is 1. The number of non-ortho nitro benzene ring substituents is 1. The normalized spacial score (nSPS) is 9.33. The lowest BCUT2D eigenvalue weighted by molar-refractivity contribution is -0.385. The minimum absolute atomic E-state index is 0.0146. The number of nitriles is 1. The summed E-state index contributed by atoms with van der Waals surface area (Å²) in [6.07, 6.45) is 0. The van der Waals surface area contributed by atoms with Gasteiger partial charge in [0.05, 0.1) is 16.1 Å². The van der Waals surface area contributed by atoms with Gasteiger partial charge in [0.25, 0.3) is 5.69 Å². The van der Waals surface area contributed by atoms with Gasteiger partial charge in [0.1, 0.15) is 6.07 Å². The van der Waals surface area contributed by atoms with Gasteiger partial charge in [0.2, 0.25) is 0 Å². The third-order valence-corrected chi connectivity index (χ3v) is 2.25. The van der Waals surface area contributed by atoms with E-state index >= 15 is 0 Å². The highest BCUT2D eigenvalue weighted by Crippen LogP contribution is 2.26. The van der Waals surface area contributed by atoms with Crippen LogP contribution in [-0.4, -0.2) is 16.0 Å². The first-order valence-electron chi connectivity index (χ1n) is 3.58. The Kier molecular flexibility index (Phi) is 3.01. The first-order chi connectivity index (χ1) is 6.97. The molecule has 15 heavy (non-hydrogen) atoms. The van der Waals surface area contributed by atoms with E-state index in [0.717, 1.165) is 12.1 Å². The second-order valence-corrected chi connectivity index (χ2v) is 3.38. The summed E-state index contributed by atoms with van der Waals surface area (Å²) in [5.74, 6) is -1.31. The maximum Gasteiger partial charge on any atom is 0.338 e. The van der Waals surface area contributed by atoms with Crippen LogP contribution in [0.5, 0.6) is 0 Å². The summed E-state index contributed by atoms with van der Waals surface area (Å²) < 4.78 is 0.0146. The SMILES string of the molecule is N#Cc1cc([N+](=O)[O-])cc(Br)c1C(=O)O. The fraction of sp³-hybridized carbons (Fsp3) is 0. The summed E-state index contributed by atoms with van der Waals surface area (Å²) in [6, 6.07) is 3.57. The van der Waals surface area contributed by atoms with E-state index in [1.165, 1.54) is 0 Å². The first kappa shape index (κ1) is 11.1. The Morgan fingerprint density at radius 2 is 2.20 bits per heavy atom. The van der Waals surface area contributed by atoms with E-state index in [1.54, 1.807) is 6.07 Å². The molecule has 0 aliphatic rings. The van der Waals surface area contributed by atoms with Gasteiger partial charge in [0.15, 0.2) is 0 Å². The Balaban J connectivity index is 3.53. The van der Waals surface area contributed by atoms with Crippen molar-refractivity contribution in [2.75, 3.05) is 0 Å². The molecule has 0 atom stereocenters. The lowest BCUT2D eigenvalue weighted by Gasteiger charge is -2.01. The zero-order valence-corrected chi connectivity index (χ0v) is 8.69. The van der Waals surface area contributed by atoms with Gasteiger partial charge in [-0.25, -0.2) is 4.79 Å². The third kappa shape index (κ3) is 2.11. The highest BCUT2D eigenvalue weighted by atomic mass is 79.9. The molecule has 0 radical (unpaired) electrons. The number of hydrogen-bond donors (Lipinski definition) is 1. The fourth-order valence-electron chi connectivity index (χ4n) is 1.00. The van der Waals surface area contributed by atoms with E-state index in [2.05, 4.69) is 15.9 Å². The molecule has 76 valence electrons. The number of aromatic carboxylic acids is 1. The smallest absolute Gasteiger partial charge is 0.338 e. The predicted molar refractivity (Wildman–Crippen MR) is 52.5 cm³/mol. The van der Waals surface area contributed by atoms with E-state index in [9.17, 15) is 14.9 Å². The highest BCUT2D eigenvalue weighted by Gasteiger charge is 2.19. The number of carboxylic acid groups (broad SMARTS) is 1. The van der Waals surface area contributed by atoms with Gasteiger partial charge in [-0.1, -0.05) is 0 Å². The van der Waals surface area contributed by atoms with Crippen LogP contribution in [0.2, 0.25) is 0 Å². The molecule has 0 saturated heterocycles. The monoisotopic (exact) mass is 270 g/mol. The van der Waals surface area contributed by atoms with Crippen LogP contribution in [-0.2, 0) is 0 Å². The van der Waals surface area contributed by atoms with Crippen LogP contribution in [0.4, 0.5) is 5.69 Å². The summed E-state index contributed by atoms with van der Waals surface area (Å²) in [5.41, 5.74) is -0.852. The number of nitro benzene ring substituents is 1. The molecule has 0 amide bonds. The first-order valence-corrected chi connectivity index (χ1v) is 4.38. The molecule has 0 fully saturated rings. The van der Waals surface area contributed by atoms with Crippen molar-refractivity contribution in [2.24, 2.45) is 0 Å². The molecule has 0 spiro atoms. The van der Waals surface area contributed by atoms with E-state index in [1.807, 2.05) is 0 Å². The van der Waals surface area contributed by atoms with Crippen molar-refractivity contribution in [3.63, 3.8) is 0 Å². The lowest BCUT2D eigenvalue weighted by Crippen LogP contribution is -2.03. The molecular formula is C8H3BrN2O4. The standard InChI is InChI=1S/C8H3BrN2O4/c9-6-2-5(11(14)15)1-4(3-10)7(6)8(12)13/h1-2H,(H,12,13). The van der Waals surface area contributed by atoms with Gasteiger partial charge in [-0.15, -0.1) is 0 Å². The maximum absolute atomic E-state index is 10.7. The molecule has 6 nitrogen and oxygen atoms in total. The Hall–Kier alpha value is -1.94. The van der Waals surface area contributed by atoms with Crippen LogP contribution in [0.1, 0.15) is 15.9 Å². The van der Waals surface area contributed by atoms with Crippen molar-refractivity contribution in [2.45, 2.75) is 0 Å². The van der Waals surface area contributed by atoms with Crippen LogP contribution in [0.25, 0.3) is 0 Å². The molecule has 0 aliphatic heterocycles. The average Bonchev–Trinajstić information content (AvgIpc) is 2.15. The van der Waals surface area contributed by atoms with Gasteiger partial charge in [-0.3, -0.25) is 10.1 Å². The zero-order valence-electron chi connectivity index (χ0n) is 7.10. The third-order valence-electron chi connectivity index (χ3n) is 1.62. The second-order valence-electron chi connectivity index (χ2n) is 2.52. The second kappa shape index (κ2) is 4.06. The zero-order chi connectivity index (χ0) is 11.6. The van der Waals surface area contributed by atoms with Crippen LogP contribution >= 0.6 is 15.9 Å². The number of carboxylic acids is 1. The number of carbonyl (C=O) groups is 1. The molecule has 0 aliphatic carbocycles. The van der Waals surface area contributed by atoms with Crippen molar-refractivity contribution in [3.8, 4) is 6.07 Å². The van der Waals surface area contributed by atoms with E-state index < -0.39 is 10.9 Å². The molecule has 1 aromatic carbocycles. The summed E-state index contributed by atoms with van der Waals surface area (Å²) in [4.78, 5) is 20.5. The fourth-order valence-corrected chi connectivity index (χ4v) is 1.62. The Bertz CT molecular complexity index is 492. The number of nitrogens with zero attached hydrogens (tertiary/aromatic N) is 2. The summed E-state index contributed by atoms with van der Waals surface area (Å²) in [7, 11) is 0. The molecule has 1 N–H and O–H groups in total. The summed E-state index contributed by atoms with van der Waals surface area (Å²) >= 11 is 2.87. The molecule has 1 aromatic rings. The van der Waals surface area contributed by atoms with Crippen LogP contribution in [0, 0.1) is 21.4 Å². The Morgan fingerprint density at radius 3 is 2.60 bits per heavy atom. The topological polar surface area (TPSA) is 104 Å². The van der Waals surface area contributed by atoms with Crippen molar-refractivity contribution < 1.29 is 14.8 Å².